The van der Waals surface area contributed by atoms with E-state index >= 15 is 0 Å². The van der Waals surface area contributed by atoms with E-state index < -0.39 is 12.3 Å². The summed E-state index contributed by atoms with van der Waals surface area (Å²) in [6.45, 7) is -0.131. The highest BCUT2D eigenvalue weighted by Crippen LogP contribution is 2.17. The third-order valence-electron chi connectivity index (χ3n) is 1.84. The van der Waals surface area contributed by atoms with E-state index in [2.05, 4.69) is 5.32 Å². The second kappa shape index (κ2) is 4.39. The van der Waals surface area contributed by atoms with Gasteiger partial charge in [-0.2, -0.15) is 0 Å². The Kier molecular flexibility index (Phi) is 3.46. The lowest BCUT2D eigenvalue weighted by molar-refractivity contribution is -0.134. The molecule has 0 aromatic rings. The molecule has 2 unspecified atom stereocenters. The zero-order valence-electron chi connectivity index (χ0n) is 6.64. The molecule has 0 aromatic carbocycles. The summed E-state index contributed by atoms with van der Waals surface area (Å²) >= 11 is 0. The number of hydrogen-bond donors (Lipinski definition) is 3. The summed E-state index contributed by atoms with van der Waals surface area (Å²) in [6, 6.07) is 0. The number of carbonyl (C=O) groups excluding carboxylic acids is 1. The van der Waals surface area contributed by atoms with Crippen LogP contribution in [-0.4, -0.2) is 41.7 Å². The molecule has 70 valence electrons. The molecule has 0 spiro atoms. The molecule has 0 saturated carbocycles. The van der Waals surface area contributed by atoms with E-state index in [1.807, 2.05) is 0 Å². The first-order valence-electron chi connectivity index (χ1n) is 3.90. The fourth-order valence-electron chi connectivity index (χ4n) is 1.29. The van der Waals surface area contributed by atoms with Gasteiger partial charge in [0.15, 0.2) is 0 Å². The van der Waals surface area contributed by atoms with Crippen molar-refractivity contribution in [3.63, 3.8) is 0 Å². The zero-order chi connectivity index (χ0) is 8.97. The number of ether oxygens (including phenoxy) is 1. The monoisotopic (exact) mass is 175 g/mol. The first-order valence-corrected chi connectivity index (χ1v) is 3.90. The normalized spacial score (nSPS) is 36.0. The van der Waals surface area contributed by atoms with Gasteiger partial charge < -0.3 is 20.3 Å². The zero-order valence-corrected chi connectivity index (χ0v) is 6.64. The van der Waals surface area contributed by atoms with Crippen LogP contribution in [-0.2, 0) is 9.53 Å². The average Bonchev–Trinajstić information content (AvgIpc) is 2.04. The Morgan fingerprint density at radius 3 is 2.92 bits per heavy atom. The molecular weight excluding hydrogens is 162 g/mol. The number of aliphatic hydroxyl groups excluding tert-OH is 2. The van der Waals surface area contributed by atoms with Gasteiger partial charge in [-0.3, -0.25) is 4.79 Å². The largest absolute Gasteiger partial charge is 0.394 e. The molecule has 0 aromatic heterocycles. The molecule has 1 saturated heterocycles. The van der Waals surface area contributed by atoms with Crippen LogP contribution in [0, 0.1) is 0 Å². The van der Waals surface area contributed by atoms with Crippen molar-refractivity contribution in [1.29, 1.82) is 0 Å². The van der Waals surface area contributed by atoms with Gasteiger partial charge in [0.2, 0.25) is 6.41 Å². The number of aliphatic hydroxyl groups is 2. The lowest BCUT2D eigenvalue weighted by Crippen LogP contribution is -2.44. The topological polar surface area (TPSA) is 78.8 Å². The molecule has 1 rings (SSSR count). The third kappa shape index (κ3) is 2.44. The molecule has 0 bridgehead atoms. The summed E-state index contributed by atoms with van der Waals surface area (Å²) in [6.07, 6.45) is -0.0112. The Morgan fingerprint density at radius 1 is 1.58 bits per heavy atom. The van der Waals surface area contributed by atoms with Gasteiger partial charge in [-0.25, -0.2) is 0 Å². The molecule has 12 heavy (non-hydrogen) atoms. The summed E-state index contributed by atoms with van der Waals surface area (Å²) in [5.74, 6) is 0. The lowest BCUT2D eigenvalue weighted by atomic mass is 10.1. The van der Waals surface area contributed by atoms with E-state index in [0.717, 1.165) is 0 Å². The number of rotatable bonds is 3. The van der Waals surface area contributed by atoms with Crippen LogP contribution in [0.5, 0.6) is 0 Å². The highest BCUT2D eigenvalue weighted by molar-refractivity contribution is 5.46. The molecule has 5 nitrogen and oxygen atoms in total. The van der Waals surface area contributed by atoms with Gasteiger partial charge in [0, 0.05) is 12.8 Å². The molecule has 0 radical (unpaired) electrons. The Morgan fingerprint density at radius 2 is 2.33 bits per heavy atom. The van der Waals surface area contributed by atoms with Crippen molar-refractivity contribution < 1.29 is 19.7 Å². The Labute approximate surface area is 70.3 Å². The van der Waals surface area contributed by atoms with E-state index in [0.29, 0.717) is 19.3 Å². The molecule has 1 aliphatic heterocycles. The van der Waals surface area contributed by atoms with Crippen LogP contribution in [0.25, 0.3) is 0 Å². The van der Waals surface area contributed by atoms with E-state index in [1.54, 1.807) is 0 Å². The van der Waals surface area contributed by atoms with Crippen LogP contribution < -0.4 is 5.32 Å². The summed E-state index contributed by atoms with van der Waals surface area (Å²) in [4.78, 5) is 10.0. The molecular formula is C7H13NO4. The highest BCUT2D eigenvalue weighted by atomic mass is 16.5. The number of nitrogens with one attached hydrogen (secondary N) is 1. The second-order valence-corrected chi connectivity index (χ2v) is 2.84. The number of hydrogen-bond acceptors (Lipinski definition) is 4. The molecule has 1 amide bonds. The van der Waals surface area contributed by atoms with Crippen LogP contribution in [0.15, 0.2) is 0 Å². The maximum atomic E-state index is 10.0. The maximum absolute atomic E-state index is 10.0. The fourth-order valence-corrected chi connectivity index (χ4v) is 1.29. The van der Waals surface area contributed by atoms with Gasteiger partial charge in [-0.15, -0.1) is 0 Å². The second-order valence-electron chi connectivity index (χ2n) is 2.84. The van der Waals surface area contributed by atoms with Crippen LogP contribution >= 0.6 is 0 Å². The number of amides is 1. The van der Waals surface area contributed by atoms with Gasteiger partial charge in [0.1, 0.15) is 6.23 Å². The van der Waals surface area contributed by atoms with Gasteiger partial charge in [-0.05, 0) is 0 Å². The maximum Gasteiger partial charge on any atom is 0.209 e. The van der Waals surface area contributed by atoms with Crippen molar-refractivity contribution in [2.24, 2.45) is 0 Å². The predicted molar refractivity (Wildman–Crippen MR) is 40.2 cm³/mol. The van der Waals surface area contributed by atoms with Crippen molar-refractivity contribution in [3.05, 3.63) is 0 Å². The molecule has 5 heteroatoms. The Hall–Kier alpha value is -0.650. The van der Waals surface area contributed by atoms with Gasteiger partial charge in [-0.1, -0.05) is 0 Å². The molecule has 0 aliphatic carbocycles. The molecule has 1 fully saturated rings. The highest BCUT2D eigenvalue weighted by Gasteiger charge is 2.27. The summed E-state index contributed by atoms with van der Waals surface area (Å²) in [5, 5.41) is 20.4. The van der Waals surface area contributed by atoms with Crippen LogP contribution in [0.3, 0.4) is 0 Å². The molecule has 1 heterocycles. The minimum absolute atomic E-state index is 0.131. The minimum Gasteiger partial charge on any atom is -0.394 e. The predicted octanol–water partition coefficient (Wildman–Crippen LogP) is -1.41. The van der Waals surface area contributed by atoms with Crippen molar-refractivity contribution >= 4 is 6.41 Å². The van der Waals surface area contributed by atoms with Crippen molar-refractivity contribution in [2.45, 2.75) is 31.3 Å². The standard InChI is InChI=1S/C7H13NO4/c9-3-6-1-5(11)2-7(12-6)8-4-10/h4-7,9,11H,1-3H2,(H,8,10)/t5?,6?,7-/m1/s1. The SMILES string of the molecule is O=CN[C@H]1CC(O)CC(CO)O1. The fraction of sp³-hybridized carbons (Fsp3) is 0.857. The van der Waals surface area contributed by atoms with E-state index in [4.69, 9.17) is 9.84 Å². The van der Waals surface area contributed by atoms with E-state index in [-0.39, 0.29) is 12.7 Å². The smallest absolute Gasteiger partial charge is 0.209 e. The Bertz CT molecular complexity index is 152. The van der Waals surface area contributed by atoms with Gasteiger partial charge in [0.05, 0.1) is 18.8 Å². The number of carbonyl (C=O) groups is 1. The van der Waals surface area contributed by atoms with E-state index in [1.165, 1.54) is 0 Å². The summed E-state index contributed by atoms with van der Waals surface area (Å²) < 4.78 is 5.19. The van der Waals surface area contributed by atoms with Crippen LogP contribution in [0.1, 0.15) is 12.8 Å². The first kappa shape index (κ1) is 9.44. The van der Waals surface area contributed by atoms with Crippen LogP contribution in [0.4, 0.5) is 0 Å². The molecule has 1 aliphatic rings. The molecule has 3 atom stereocenters. The summed E-state index contributed by atoms with van der Waals surface area (Å²) in [7, 11) is 0. The first-order chi connectivity index (χ1) is 5.76. The van der Waals surface area contributed by atoms with E-state index in [9.17, 15) is 9.90 Å². The van der Waals surface area contributed by atoms with Crippen molar-refractivity contribution in [3.8, 4) is 0 Å². The third-order valence-corrected chi connectivity index (χ3v) is 1.84. The van der Waals surface area contributed by atoms with Gasteiger partial charge >= 0.3 is 0 Å². The van der Waals surface area contributed by atoms with Crippen molar-refractivity contribution in [1.82, 2.24) is 5.32 Å². The lowest BCUT2D eigenvalue weighted by Gasteiger charge is -2.31. The Balaban J connectivity index is 2.39. The average molecular weight is 175 g/mol. The molecule has 3 N–H and O–H groups in total. The quantitative estimate of drug-likeness (QED) is 0.460. The van der Waals surface area contributed by atoms with Crippen LogP contribution in [0.2, 0.25) is 0 Å². The minimum atomic E-state index is -0.506. The van der Waals surface area contributed by atoms with Crippen molar-refractivity contribution in [2.75, 3.05) is 6.61 Å². The van der Waals surface area contributed by atoms with Gasteiger partial charge in [0.25, 0.3) is 0 Å². The summed E-state index contributed by atoms with van der Waals surface area (Å²) in [5.41, 5.74) is 0.